The molecular formula is C66H45N3Si. The van der Waals surface area contributed by atoms with E-state index in [0.717, 1.165) is 17.1 Å². The fraction of sp³-hybridized carbons (Fsp3) is 0. The van der Waals surface area contributed by atoms with Gasteiger partial charge in [-0.3, -0.25) is 0 Å². The van der Waals surface area contributed by atoms with Crippen molar-refractivity contribution in [2.75, 3.05) is 0 Å². The van der Waals surface area contributed by atoms with Gasteiger partial charge in [-0.25, -0.2) is 0 Å². The predicted molar refractivity (Wildman–Crippen MR) is 299 cm³/mol. The molecule has 14 aromatic rings. The van der Waals surface area contributed by atoms with Crippen LogP contribution in [0.25, 0.3) is 93.6 Å². The Morgan fingerprint density at radius 3 is 1.20 bits per heavy atom. The Kier molecular flexibility index (Phi) is 9.23. The van der Waals surface area contributed by atoms with Crippen LogP contribution < -0.4 is 20.7 Å². The van der Waals surface area contributed by atoms with Gasteiger partial charge < -0.3 is 13.7 Å². The van der Waals surface area contributed by atoms with Gasteiger partial charge in [0.15, 0.2) is 8.07 Å². The van der Waals surface area contributed by atoms with Gasteiger partial charge in [0, 0.05) is 43.7 Å². The van der Waals surface area contributed by atoms with E-state index in [1.807, 2.05) is 0 Å². The Labute approximate surface area is 407 Å². The minimum absolute atomic E-state index is 1.14. The van der Waals surface area contributed by atoms with Crippen LogP contribution in [-0.2, 0) is 0 Å². The van der Waals surface area contributed by atoms with E-state index in [-0.39, 0.29) is 0 Å². The maximum absolute atomic E-state index is 2.83. The average molecular weight is 908 g/mol. The molecule has 0 saturated heterocycles. The van der Waals surface area contributed by atoms with Crippen molar-refractivity contribution in [3.05, 3.63) is 273 Å². The van der Waals surface area contributed by atoms with E-state index in [1.165, 1.54) is 97.3 Å². The highest BCUT2D eigenvalue weighted by Gasteiger charge is 2.41. The molecule has 0 saturated carbocycles. The third-order valence-corrected chi connectivity index (χ3v) is 19.5. The van der Waals surface area contributed by atoms with Crippen LogP contribution in [0.15, 0.2) is 273 Å². The lowest BCUT2D eigenvalue weighted by Gasteiger charge is -2.34. The number of fused-ring (bicyclic) bond motifs is 9. The highest BCUT2D eigenvalue weighted by Crippen LogP contribution is 2.45. The molecular weight excluding hydrogens is 863 g/mol. The quantitative estimate of drug-likeness (QED) is 0.107. The van der Waals surface area contributed by atoms with Crippen LogP contribution in [0.3, 0.4) is 0 Å². The summed E-state index contributed by atoms with van der Waals surface area (Å²) in [7, 11) is -2.83. The molecule has 3 heterocycles. The molecule has 0 unspecified atom stereocenters. The second-order valence-electron chi connectivity index (χ2n) is 18.4. The molecule has 0 fully saturated rings. The molecule has 0 aliphatic heterocycles. The first-order chi connectivity index (χ1) is 34.8. The van der Waals surface area contributed by atoms with E-state index in [4.69, 9.17) is 0 Å². The molecule has 0 spiro atoms. The summed E-state index contributed by atoms with van der Waals surface area (Å²) in [6.07, 6.45) is 0. The number of hydrogen-bond donors (Lipinski definition) is 0. The van der Waals surface area contributed by atoms with E-state index < -0.39 is 8.07 Å². The zero-order chi connectivity index (χ0) is 46.2. The molecule has 11 aromatic carbocycles. The molecule has 0 aliphatic rings. The van der Waals surface area contributed by atoms with E-state index in [0.29, 0.717) is 0 Å². The molecule has 0 aliphatic carbocycles. The molecule has 3 nitrogen and oxygen atoms in total. The van der Waals surface area contributed by atoms with Gasteiger partial charge >= 0.3 is 0 Å². The lowest BCUT2D eigenvalue weighted by molar-refractivity contribution is 1.13. The Morgan fingerprint density at radius 1 is 0.243 bits per heavy atom. The lowest BCUT2D eigenvalue weighted by atomic mass is 9.95. The SMILES string of the molecule is c1ccc(-n2c3ccccc3c3c(-c4cccc5c4c4ccccc4n5-c4cccc5c6ccccc6n(-c6cccc([Si](c7ccccc7)(c7ccccc7)c7ccccc7)c6)c45)cccc32)cc1. The fourth-order valence-electron chi connectivity index (χ4n) is 12.0. The number of benzene rings is 11. The van der Waals surface area contributed by atoms with Crippen molar-refractivity contribution in [2.24, 2.45) is 0 Å². The van der Waals surface area contributed by atoms with Crippen LogP contribution in [0, 0.1) is 0 Å². The van der Waals surface area contributed by atoms with Crippen molar-refractivity contribution in [2.45, 2.75) is 0 Å². The summed E-state index contributed by atoms with van der Waals surface area (Å²) in [5, 5.41) is 12.8. The summed E-state index contributed by atoms with van der Waals surface area (Å²) in [6, 6.07) is 101. The maximum Gasteiger partial charge on any atom is 0.179 e. The molecule has 0 radical (unpaired) electrons. The average Bonchev–Trinajstić information content (AvgIpc) is 4.09. The number of nitrogens with zero attached hydrogens (tertiary/aromatic N) is 3. The number of para-hydroxylation sites is 5. The zero-order valence-electron chi connectivity index (χ0n) is 38.3. The topological polar surface area (TPSA) is 14.8 Å². The van der Waals surface area contributed by atoms with Gasteiger partial charge in [-0.15, -0.1) is 0 Å². The van der Waals surface area contributed by atoms with Gasteiger partial charge in [0.25, 0.3) is 0 Å². The van der Waals surface area contributed by atoms with Gasteiger partial charge in [0.1, 0.15) is 0 Å². The smallest absolute Gasteiger partial charge is 0.179 e. The van der Waals surface area contributed by atoms with Crippen LogP contribution in [0.2, 0.25) is 0 Å². The second kappa shape index (κ2) is 16.1. The third kappa shape index (κ3) is 5.87. The predicted octanol–water partition coefficient (Wildman–Crippen LogP) is 14.0. The highest BCUT2D eigenvalue weighted by molar-refractivity contribution is 7.19. The molecule has 4 heteroatoms. The first-order valence-electron chi connectivity index (χ1n) is 24.2. The van der Waals surface area contributed by atoms with E-state index >= 15 is 0 Å². The molecule has 0 N–H and O–H groups in total. The first-order valence-corrected chi connectivity index (χ1v) is 26.2. The largest absolute Gasteiger partial charge is 0.309 e. The Bertz CT molecular complexity index is 4180. The van der Waals surface area contributed by atoms with Crippen molar-refractivity contribution < 1.29 is 0 Å². The summed E-state index contributed by atoms with van der Waals surface area (Å²) >= 11 is 0. The van der Waals surface area contributed by atoms with Gasteiger partial charge in [0.05, 0.1) is 38.8 Å². The summed E-state index contributed by atoms with van der Waals surface area (Å²) in [6.45, 7) is 0. The Balaban J connectivity index is 1.05. The van der Waals surface area contributed by atoms with Crippen LogP contribution in [0.1, 0.15) is 0 Å². The standard InChI is InChI=1S/C66H45N3Si/c1-5-23-46(24-6-1)67-59-40-17-14-34-56(59)64-53(36-20-42-61(64)67)54-37-21-43-62-65(54)57-35-15-18-41-60(57)69(62)63-44-22-38-55-52-33-13-16-39-58(52)68(66(55)63)47-25-19-32-51(45-47)70(48-26-7-2-8-27-48,49-28-9-3-10-29-49)50-30-11-4-12-31-50/h1-45H. The van der Waals surface area contributed by atoms with Crippen LogP contribution in [0.5, 0.6) is 0 Å². The van der Waals surface area contributed by atoms with Crippen LogP contribution in [0.4, 0.5) is 0 Å². The number of aromatic nitrogens is 3. The molecule has 328 valence electrons. The van der Waals surface area contributed by atoms with Crippen LogP contribution in [-0.4, -0.2) is 21.8 Å². The summed E-state index contributed by atoms with van der Waals surface area (Å²) < 4.78 is 7.48. The molecule has 0 amide bonds. The molecule has 70 heavy (non-hydrogen) atoms. The fourth-order valence-corrected chi connectivity index (χ4v) is 16.8. The maximum atomic E-state index is 2.53. The lowest BCUT2D eigenvalue weighted by Crippen LogP contribution is -2.74. The summed E-state index contributed by atoms with van der Waals surface area (Å²) in [4.78, 5) is 0. The molecule has 14 rings (SSSR count). The van der Waals surface area contributed by atoms with Gasteiger partial charge in [0.2, 0.25) is 0 Å². The minimum atomic E-state index is -2.83. The van der Waals surface area contributed by atoms with Crippen molar-refractivity contribution in [1.29, 1.82) is 0 Å². The van der Waals surface area contributed by atoms with Gasteiger partial charge in [-0.1, -0.05) is 212 Å². The molecule has 3 aromatic heterocycles. The van der Waals surface area contributed by atoms with E-state index in [2.05, 4.69) is 287 Å². The summed E-state index contributed by atoms with van der Waals surface area (Å²) in [5.41, 5.74) is 13.0. The Hall–Kier alpha value is -8.96. The van der Waals surface area contributed by atoms with Crippen LogP contribution >= 0.6 is 0 Å². The van der Waals surface area contributed by atoms with Gasteiger partial charge in [-0.05, 0) is 92.5 Å². The number of hydrogen-bond acceptors (Lipinski definition) is 0. The van der Waals surface area contributed by atoms with Gasteiger partial charge in [-0.2, -0.15) is 0 Å². The first kappa shape index (κ1) is 40.1. The third-order valence-electron chi connectivity index (χ3n) is 14.8. The van der Waals surface area contributed by atoms with Crippen molar-refractivity contribution in [3.8, 4) is 28.2 Å². The normalized spacial score (nSPS) is 12.0. The second-order valence-corrected chi connectivity index (χ2v) is 22.2. The zero-order valence-corrected chi connectivity index (χ0v) is 39.3. The van der Waals surface area contributed by atoms with E-state index in [1.54, 1.807) is 0 Å². The Morgan fingerprint density at radius 2 is 0.629 bits per heavy atom. The molecule has 0 atom stereocenters. The number of rotatable bonds is 8. The minimum Gasteiger partial charge on any atom is -0.309 e. The van der Waals surface area contributed by atoms with E-state index in [9.17, 15) is 0 Å². The van der Waals surface area contributed by atoms with Crippen molar-refractivity contribution in [3.63, 3.8) is 0 Å². The van der Waals surface area contributed by atoms with Crippen molar-refractivity contribution >= 4 is 94.2 Å². The summed E-state index contributed by atoms with van der Waals surface area (Å²) in [5.74, 6) is 0. The van der Waals surface area contributed by atoms with Crippen molar-refractivity contribution in [1.82, 2.24) is 13.7 Å². The monoisotopic (exact) mass is 907 g/mol. The molecule has 0 bridgehead atoms. The highest BCUT2D eigenvalue weighted by atomic mass is 28.3.